The molecule has 3 heterocycles. The summed E-state index contributed by atoms with van der Waals surface area (Å²) in [6.07, 6.45) is 0. The van der Waals surface area contributed by atoms with Crippen molar-refractivity contribution in [1.29, 1.82) is 0 Å². The van der Waals surface area contributed by atoms with Crippen molar-refractivity contribution in [3.05, 3.63) is 170 Å². The minimum Gasteiger partial charge on any atom is -0.309 e. The minimum atomic E-state index is 1.16. The summed E-state index contributed by atoms with van der Waals surface area (Å²) in [4.78, 5) is 2.56. The summed E-state index contributed by atoms with van der Waals surface area (Å²) in [6, 6.07) is 62.3. The predicted octanol–water partition coefficient (Wildman–Crippen LogP) is 14.1. The molecule has 0 saturated carbocycles. The Morgan fingerprint density at radius 2 is 0.920 bits per heavy atom. The zero-order valence-corrected chi connectivity index (χ0v) is 28.5. The molecular formula is C46H28N2S2. The van der Waals surface area contributed by atoms with Crippen LogP contribution in [0.15, 0.2) is 170 Å². The smallest absolute Gasteiger partial charge is 0.0640 e. The highest BCUT2D eigenvalue weighted by Crippen LogP contribution is 2.51. The Morgan fingerprint density at radius 3 is 1.72 bits per heavy atom. The molecule has 0 atom stereocenters. The highest BCUT2D eigenvalue weighted by Gasteiger charge is 2.25. The average molecular weight is 673 g/mol. The monoisotopic (exact) mass is 672 g/mol. The van der Waals surface area contributed by atoms with Crippen molar-refractivity contribution >= 4 is 113 Å². The van der Waals surface area contributed by atoms with Crippen LogP contribution in [0.4, 0.5) is 17.1 Å². The topological polar surface area (TPSA) is 8.17 Å². The first-order chi connectivity index (χ1) is 24.8. The molecule has 4 heteroatoms. The highest BCUT2D eigenvalue weighted by atomic mass is 32.1. The van der Waals surface area contributed by atoms with E-state index in [1.807, 2.05) is 22.7 Å². The summed E-state index contributed by atoms with van der Waals surface area (Å²) in [5.41, 5.74) is 7.10. The van der Waals surface area contributed by atoms with Crippen LogP contribution in [0.2, 0.25) is 0 Å². The van der Waals surface area contributed by atoms with Crippen molar-refractivity contribution < 1.29 is 0 Å². The van der Waals surface area contributed by atoms with Crippen LogP contribution in [0.1, 0.15) is 0 Å². The van der Waals surface area contributed by atoms with Crippen molar-refractivity contribution in [1.82, 2.24) is 4.57 Å². The SMILES string of the molecule is c1ccc(-n2c3ccccc3c3c(N(c4cccc5c4sc4ccccc45)c4cccc5ccc6c7ccccc7sc6c45)cccc32)cc1. The van der Waals surface area contributed by atoms with Gasteiger partial charge in [0.1, 0.15) is 0 Å². The molecule has 0 fully saturated rings. The number of thiophene rings is 2. The van der Waals surface area contributed by atoms with Crippen LogP contribution in [0.3, 0.4) is 0 Å². The van der Waals surface area contributed by atoms with Crippen LogP contribution in [0.5, 0.6) is 0 Å². The van der Waals surface area contributed by atoms with Crippen LogP contribution in [0.25, 0.3) is 78.6 Å². The normalized spacial score (nSPS) is 12.0. The number of rotatable bonds is 4. The van der Waals surface area contributed by atoms with E-state index in [9.17, 15) is 0 Å². The Balaban J connectivity index is 1.32. The molecule has 0 spiro atoms. The predicted molar refractivity (Wildman–Crippen MR) is 219 cm³/mol. The quantitative estimate of drug-likeness (QED) is 0.181. The second-order valence-corrected chi connectivity index (χ2v) is 15.0. The summed E-state index contributed by atoms with van der Waals surface area (Å²) >= 11 is 3.79. The molecule has 2 nitrogen and oxygen atoms in total. The number of aromatic nitrogens is 1. The fourth-order valence-electron chi connectivity index (χ4n) is 8.06. The fraction of sp³-hybridized carbons (Fsp3) is 0. The van der Waals surface area contributed by atoms with Gasteiger partial charge in [0.2, 0.25) is 0 Å². The Kier molecular flexibility index (Phi) is 6.03. The van der Waals surface area contributed by atoms with E-state index in [2.05, 4.69) is 179 Å². The lowest BCUT2D eigenvalue weighted by Gasteiger charge is -2.28. The molecule has 0 N–H and O–H groups in total. The van der Waals surface area contributed by atoms with E-state index >= 15 is 0 Å². The Bertz CT molecular complexity index is 3110. The number of fused-ring (bicyclic) bond motifs is 11. The maximum absolute atomic E-state index is 2.56. The molecule has 0 saturated heterocycles. The van der Waals surface area contributed by atoms with Gasteiger partial charge in [0.25, 0.3) is 0 Å². The van der Waals surface area contributed by atoms with Crippen molar-refractivity contribution in [2.24, 2.45) is 0 Å². The molecule has 0 radical (unpaired) electrons. The zero-order chi connectivity index (χ0) is 32.8. The van der Waals surface area contributed by atoms with Gasteiger partial charge in [-0.3, -0.25) is 0 Å². The van der Waals surface area contributed by atoms with Crippen molar-refractivity contribution in [3.63, 3.8) is 0 Å². The molecule has 0 amide bonds. The second-order valence-electron chi connectivity index (χ2n) is 12.9. The Hall–Kier alpha value is -5.94. The molecule has 8 aromatic carbocycles. The standard InChI is InChI=1S/C46H28N2S2/c1-2-14-30(15-3-1)47-36-20-7-4-18-35(36)44-38(47)22-12-23-39(44)48(40-24-11-19-33-31-16-5-8-25-41(31)49-45(33)40)37-21-10-13-29-27-28-34-32-17-6-9-26-42(32)50-46(34)43(29)37/h1-28H. The third-order valence-corrected chi connectivity index (χ3v) is 12.6. The van der Waals surface area contributed by atoms with E-state index < -0.39 is 0 Å². The van der Waals surface area contributed by atoms with Gasteiger partial charge >= 0.3 is 0 Å². The maximum atomic E-state index is 2.56. The van der Waals surface area contributed by atoms with E-state index in [-0.39, 0.29) is 0 Å². The van der Waals surface area contributed by atoms with Gasteiger partial charge in [-0.25, -0.2) is 0 Å². The van der Waals surface area contributed by atoms with Crippen molar-refractivity contribution in [2.45, 2.75) is 0 Å². The fourth-order valence-corrected chi connectivity index (χ4v) is 10.5. The van der Waals surface area contributed by atoms with E-state index in [0.29, 0.717) is 0 Å². The number of nitrogens with zero attached hydrogens (tertiary/aromatic N) is 2. The molecule has 0 aliphatic heterocycles. The van der Waals surface area contributed by atoms with Crippen LogP contribution < -0.4 is 4.90 Å². The minimum absolute atomic E-state index is 1.16. The van der Waals surface area contributed by atoms with Gasteiger partial charge in [0.05, 0.1) is 32.8 Å². The summed E-state index contributed by atoms with van der Waals surface area (Å²) in [7, 11) is 0. The number of hydrogen-bond acceptors (Lipinski definition) is 3. The lowest BCUT2D eigenvalue weighted by Crippen LogP contribution is -2.11. The van der Waals surface area contributed by atoms with Gasteiger partial charge in [-0.2, -0.15) is 0 Å². The van der Waals surface area contributed by atoms with Crippen LogP contribution in [-0.4, -0.2) is 4.57 Å². The molecule has 0 bridgehead atoms. The maximum Gasteiger partial charge on any atom is 0.0640 e. The van der Waals surface area contributed by atoms with E-state index in [0.717, 1.165) is 5.69 Å². The largest absolute Gasteiger partial charge is 0.309 e. The number of hydrogen-bond donors (Lipinski definition) is 0. The lowest BCUT2D eigenvalue weighted by molar-refractivity contribution is 1.18. The number of benzene rings is 8. The third-order valence-electron chi connectivity index (χ3n) is 10.2. The second kappa shape index (κ2) is 10.8. The Labute approximate surface area is 296 Å². The average Bonchev–Trinajstić information content (AvgIpc) is 3.86. The summed E-state index contributed by atoms with van der Waals surface area (Å²) in [6.45, 7) is 0. The van der Waals surface area contributed by atoms with E-state index in [1.165, 1.54) is 90.0 Å². The zero-order valence-electron chi connectivity index (χ0n) is 26.9. The molecule has 0 aliphatic carbocycles. The van der Waals surface area contributed by atoms with Crippen LogP contribution in [0, 0.1) is 0 Å². The van der Waals surface area contributed by atoms with Crippen molar-refractivity contribution in [3.8, 4) is 5.69 Å². The van der Waals surface area contributed by atoms with Crippen LogP contribution in [-0.2, 0) is 0 Å². The molecule has 50 heavy (non-hydrogen) atoms. The highest BCUT2D eigenvalue weighted by molar-refractivity contribution is 7.27. The summed E-state index contributed by atoms with van der Waals surface area (Å²) in [5.74, 6) is 0. The van der Waals surface area contributed by atoms with Gasteiger partial charge in [-0.15, -0.1) is 22.7 Å². The number of anilines is 3. The van der Waals surface area contributed by atoms with Gasteiger partial charge in [0, 0.05) is 57.5 Å². The molecule has 11 aromatic rings. The lowest BCUT2D eigenvalue weighted by atomic mass is 10.0. The van der Waals surface area contributed by atoms with E-state index in [1.54, 1.807) is 0 Å². The van der Waals surface area contributed by atoms with Crippen molar-refractivity contribution in [2.75, 3.05) is 4.90 Å². The molecular weight excluding hydrogens is 645 g/mol. The summed E-state index contributed by atoms with van der Waals surface area (Å²) < 4.78 is 7.65. The van der Waals surface area contributed by atoms with Gasteiger partial charge in [-0.05, 0) is 60.0 Å². The third kappa shape index (κ3) is 3.95. The summed E-state index contributed by atoms with van der Waals surface area (Å²) in [5, 5.41) is 10.2. The molecule has 0 aliphatic rings. The Morgan fingerprint density at radius 1 is 0.360 bits per heavy atom. The van der Waals surface area contributed by atoms with Gasteiger partial charge in [0.15, 0.2) is 0 Å². The first-order valence-corrected chi connectivity index (χ1v) is 18.6. The number of para-hydroxylation sites is 2. The van der Waals surface area contributed by atoms with Gasteiger partial charge in [-0.1, -0.05) is 115 Å². The first kappa shape index (κ1) is 28.0. The molecule has 0 unspecified atom stereocenters. The molecule has 11 rings (SSSR count). The molecule has 234 valence electrons. The molecule has 3 aromatic heterocycles. The van der Waals surface area contributed by atoms with E-state index in [4.69, 9.17) is 0 Å². The van der Waals surface area contributed by atoms with Crippen LogP contribution >= 0.6 is 22.7 Å². The van der Waals surface area contributed by atoms with Gasteiger partial charge < -0.3 is 9.47 Å². The first-order valence-electron chi connectivity index (χ1n) is 16.9.